The highest BCUT2D eigenvalue weighted by Gasteiger charge is 2.16. The van der Waals surface area contributed by atoms with Crippen LogP contribution in [-0.2, 0) is 4.79 Å². The smallest absolute Gasteiger partial charge is 0.144 e. The van der Waals surface area contributed by atoms with Crippen LogP contribution in [0.15, 0.2) is 0 Å². The lowest BCUT2D eigenvalue weighted by Gasteiger charge is -2.19. The van der Waals surface area contributed by atoms with Gasteiger partial charge in [0.05, 0.1) is 5.25 Å². The first-order valence-corrected chi connectivity index (χ1v) is 4.18. The van der Waals surface area contributed by atoms with Crippen LogP contribution in [0.25, 0.3) is 0 Å². The molecule has 0 amide bonds. The zero-order valence-electron chi connectivity index (χ0n) is 5.52. The van der Waals surface area contributed by atoms with E-state index in [1.807, 2.05) is 0 Å². The maximum Gasteiger partial charge on any atom is 0.144 e. The maximum absolute atomic E-state index is 10.7. The number of rotatable bonds is 1. The van der Waals surface area contributed by atoms with E-state index in [0.29, 0.717) is 5.78 Å². The van der Waals surface area contributed by atoms with Crippen molar-refractivity contribution in [3.05, 3.63) is 0 Å². The van der Waals surface area contributed by atoms with Crippen molar-refractivity contribution in [2.24, 2.45) is 0 Å². The van der Waals surface area contributed by atoms with E-state index < -0.39 is 0 Å². The van der Waals surface area contributed by atoms with E-state index >= 15 is 0 Å². The second-order valence-electron chi connectivity index (χ2n) is 2.17. The van der Waals surface area contributed by atoms with E-state index in [1.54, 1.807) is 18.7 Å². The van der Waals surface area contributed by atoms with Gasteiger partial charge in [-0.1, -0.05) is 0 Å². The molecule has 1 saturated heterocycles. The predicted molar refractivity (Wildman–Crippen MR) is 39.8 cm³/mol. The Kier molecular flexibility index (Phi) is 2.54. The van der Waals surface area contributed by atoms with Crippen LogP contribution in [0.1, 0.15) is 6.92 Å². The number of carbonyl (C=O) groups excluding carboxylic acids is 1. The van der Waals surface area contributed by atoms with Crippen LogP contribution < -0.4 is 5.32 Å². The molecule has 2 nitrogen and oxygen atoms in total. The lowest BCUT2D eigenvalue weighted by molar-refractivity contribution is -0.116. The van der Waals surface area contributed by atoms with E-state index in [-0.39, 0.29) is 5.25 Å². The molecule has 1 rings (SSSR count). The van der Waals surface area contributed by atoms with Gasteiger partial charge in [0, 0.05) is 18.8 Å². The molecule has 1 atom stereocenters. The highest BCUT2D eigenvalue weighted by Crippen LogP contribution is 2.13. The molecule has 1 fully saturated rings. The Balaban J connectivity index is 2.31. The van der Waals surface area contributed by atoms with Gasteiger partial charge in [0.25, 0.3) is 0 Å². The van der Waals surface area contributed by atoms with Crippen molar-refractivity contribution < 1.29 is 4.79 Å². The van der Waals surface area contributed by atoms with E-state index in [2.05, 4.69) is 5.32 Å². The number of carbonyl (C=O) groups is 1. The van der Waals surface area contributed by atoms with E-state index in [0.717, 1.165) is 18.8 Å². The first kappa shape index (κ1) is 7.09. The van der Waals surface area contributed by atoms with Gasteiger partial charge in [-0.2, -0.15) is 0 Å². The monoisotopic (exact) mass is 145 g/mol. The fourth-order valence-electron chi connectivity index (χ4n) is 0.827. The van der Waals surface area contributed by atoms with E-state index in [4.69, 9.17) is 0 Å². The molecule has 52 valence electrons. The molecule has 0 radical (unpaired) electrons. The van der Waals surface area contributed by atoms with Gasteiger partial charge in [-0.25, -0.2) is 0 Å². The van der Waals surface area contributed by atoms with Crippen LogP contribution in [0.5, 0.6) is 0 Å². The minimum absolute atomic E-state index is 0.221. The summed E-state index contributed by atoms with van der Waals surface area (Å²) in [5, 5.41) is 3.40. The van der Waals surface area contributed by atoms with Crippen molar-refractivity contribution >= 4 is 17.5 Å². The number of hydrogen-bond donors (Lipinski definition) is 1. The summed E-state index contributed by atoms with van der Waals surface area (Å²) < 4.78 is 0. The third kappa shape index (κ3) is 1.99. The Morgan fingerprint density at radius 2 is 2.56 bits per heavy atom. The minimum atomic E-state index is 0.221. The quantitative estimate of drug-likeness (QED) is 0.574. The topological polar surface area (TPSA) is 29.1 Å². The van der Waals surface area contributed by atoms with Crippen molar-refractivity contribution in [1.29, 1.82) is 0 Å². The van der Waals surface area contributed by atoms with E-state index in [1.165, 1.54) is 0 Å². The molecule has 0 saturated carbocycles. The Labute approximate surface area is 59.4 Å². The zero-order chi connectivity index (χ0) is 6.69. The summed E-state index contributed by atoms with van der Waals surface area (Å²) >= 11 is 1.76. The Bertz CT molecular complexity index is 110. The normalized spacial score (nSPS) is 27.9. The third-order valence-electron chi connectivity index (χ3n) is 1.38. The molecule has 1 aliphatic rings. The highest BCUT2D eigenvalue weighted by atomic mass is 32.2. The van der Waals surface area contributed by atoms with Crippen LogP contribution in [-0.4, -0.2) is 29.9 Å². The molecule has 0 aliphatic carbocycles. The second-order valence-corrected chi connectivity index (χ2v) is 3.48. The lowest BCUT2D eigenvalue weighted by Crippen LogP contribution is -2.36. The van der Waals surface area contributed by atoms with Crippen LogP contribution >= 0.6 is 11.8 Å². The van der Waals surface area contributed by atoms with E-state index in [9.17, 15) is 4.79 Å². The number of Topliss-reactive ketones (excluding diaryl/α,β-unsaturated/α-hetero) is 1. The molecule has 0 aromatic carbocycles. The molecule has 0 unspecified atom stereocenters. The van der Waals surface area contributed by atoms with Crippen LogP contribution in [0.3, 0.4) is 0 Å². The second kappa shape index (κ2) is 3.22. The summed E-state index contributed by atoms with van der Waals surface area (Å²) in [6.45, 7) is 3.57. The summed E-state index contributed by atoms with van der Waals surface area (Å²) in [5.41, 5.74) is 0. The third-order valence-corrected chi connectivity index (χ3v) is 2.72. The Hall–Kier alpha value is -0.0200. The average molecular weight is 145 g/mol. The summed E-state index contributed by atoms with van der Waals surface area (Å²) in [4.78, 5) is 10.7. The van der Waals surface area contributed by atoms with Crippen molar-refractivity contribution in [3.8, 4) is 0 Å². The van der Waals surface area contributed by atoms with Crippen LogP contribution in [0.2, 0.25) is 0 Å². The summed E-state index contributed by atoms with van der Waals surface area (Å²) in [6, 6.07) is 0. The fourth-order valence-corrected chi connectivity index (χ4v) is 1.84. The average Bonchev–Trinajstić information content (AvgIpc) is 1.90. The molecule has 0 bridgehead atoms. The first-order chi connectivity index (χ1) is 4.30. The molecule has 0 aromatic heterocycles. The molecular formula is C6H11NOS. The summed E-state index contributed by atoms with van der Waals surface area (Å²) in [7, 11) is 0. The van der Waals surface area contributed by atoms with Gasteiger partial charge in [0.15, 0.2) is 0 Å². The Morgan fingerprint density at radius 3 is 2.89 bits per heavy atom. The van der Waals surface area contributed by atoms with Gasteiger partial charge in [-0.05, 0) is 6.92 Å². The molecule has 9 heavy (non-hydrogen) atoms. The summed E-state index contributed by atoms with van der Waals surface area (Å²) in [6.07, 6.45) is 0. The van der Waals surface area contributed by atoms with Gasteiger partial charge in [-0.15, -0.1) is 11.8 Å². The first-order valence-electron chi connectivity index (χ1n) is 3.13. The lowest BCUT2D eigenvalue weighted by atomic mass is 10.3. The Morgan fingerprint density at radius 1 is 1.78 bits per heavy atom. The summed E-state index contributed by atoms with van der Waals surface area (Å²) in [5.74, 6) is 1.37. The molecule has 0 aromatic rings. The standard InChI is InChI=1S/C6H11NOS/c1-5(8)6-4-7-2-3-9-6/h6-7H,2-4H2,1H3/t6-/m1/s1. The molecule has 3 heteroatoms. The number of thioether (sulfide) groups is 1. The largest absolute Gasteiger partial charge is 0.314 e. The molecule has 0 spiro atoms. The zero-order valence-corrected chi connectivity index (χ0v) is 6.33. The van der Waals surface area contributed by atoms with Crippen molar-refractivity contribution in [2.75, 3.05) is 18.8 Å². The van der Waals surface area contributed by atoms with Gasteiger partial charge >= 0.3 is 0 Å². The molecule has 1 heterocycles. The van der Waals surface area contributed by atoms with Crippen LogP contribution in [0.4, 0.5) is 0 Å². The van der Waals surface area contributed by atoms with Gasteiger partial charge in [-0.3, -0.25) is 4.79 Å². The maximum atomic E-state index is 10.7. The van der Waals surface area contributed by atoms with Crippen molar-refractivity contribution in [2.45, 2.75) is 12.2 Å². The number of hydrogen-bond acceptors (Lipinski definition) is 3. The SMILES string of the molecule is CC(=O)[C@H]1CNCCS1. The fraction of sp³-hybridized carbons (Fsp3) is 0.833. The van der Waals surface area contributed by atoms with Gasteiger partial charge in [0.1, 0.15) is 5.78 Å². The minimum Gasteiger partial charge on any atom is -0.314 e. The predicted octanol–water partition coefficient (Wildman–Crippen LogP) is 0.280. The van der Waals surface area contributed by atoms with Gasteiger partial charge in [0.2, 0.25) is 0 Å². The van der Waals surface area contributed by atoms with Crippen molar-refractivity contribution in [1.82, 2.24) is 5.32 Å². The molecule has 1 N–H and O–H groups in total. The van der Waals surface area contributed by atoms with Crippen LogP contribution in [0, 0.1) is 0 Å². The highest BCUT2D eigenvalue weighted by molar-refractivity contribution is 8.00. The van der Waals surface area contributed by atoms with Gasteiger partial charge < -0.3 is 5.32 Å². The number of nitrogens with one attached hydrogen (secondary N) is 1. The molecule has 1 aliphatic heterocycles. The van der Waals surface area contributed by atoms with Crippen molar-refractivity contribution in [3.63, 3.8) is 0 Å². The number of ketones is 1. The molecular weight excluding hydrogens is 134 g/mol.